The second-order valence-corrected chi connectivity index (χ2v) is 7.46. The molecule has 2 fully saturated rings. The van der Waals surface area contributed by atoms with E-state index >= 15 is 0 Å². The highest BCUT2D eigenvalue weighted by Crippen LogP contribution is 2.35. The number of rotatable bonds is 3. The average Bonchev–Trinajstić information content (AvgIpc) is 2.99. The summed E-state index contributed by atoms with van der Waals surface area (Å²) in [6, 6.07) is 9.17. The Bertz CT molecular complexity index is 709. The van der Waals surface area contributed by atoms with E-state index in [-0.39, 0.29) is 30.2 Å². The summed E-state index contributed by atoms with van der Waals surface area (Å²) >= 11 is 0. The van der Waals surface area contributed by atoms with Crippen LogP contribution in [0, 0.1) is 29.1 Å². The zero-order valence-corrected chi connectivity index (χ0v) is 14.9. The average molecular weight is 339 g/mol. The Balaban J connectivity index is 1.65. The molecule has 3 rings (SSSR count). The molecular weight excluding hydrogens is 314 g/mol. The van der Waals surface area contributed by atoms with Gasteiger partial charge in [-0.2, -0.15) is 5.26 Å². The SMILES string of the molecule is C[C@@H]1[C@H](C)CCC[C@@H]1N1C[C@@H](C(=O)Nc2cccc(C#N)c2)CC1=O. The summed E-state index contributed by atoms with van der Waals surface area (Å²) in [5.74, 6) is 0.738. The van der Waals surface area contributed by atoms with E-state index in [4.69, 9.17) is 5.26 Å². The largest absolute Gasteiger partial charge is 0.339 e. The van der Waals surface area contributed by atoms with Gasteiger partial charge in [0.15, 0.2) is 0 Å². The van der Waals surface area contributed by atoms with Gasteiger partial charge in [-0.25, -0.2) is 0 Å². The molecule has 5 heteroatoms. The predicted molar refractivity (Wildman–Crippen MR) is 95.6 cm³/mol. The van der Waals surface area contributed by atoms with E-state index in [1.54, 1.807) is 24.3 Å². The maximum atomic E-state index is 12.6. The van der Waals surface area contributed by atoms with Gasteiger partial charge in [-0.3, -0.25) is 9.59 Å². The van der Waals surface area contributed by atoms with E-state index in [9.17, 15) is 9.59 Å². The minimum Gasteiger partial charge on any atom is -0.339 e. The van der Waals surface area contributed by atoms with Crippen LogP contribution >= 0.6 is 0 Å². The first-order valence-corrected chi connectivity index (χ1v) is 9.10. The van der Waals surface area contributed by atoms with Crippen LogP contribution in [0.5, 0.6) is 0 Å². The van der Waals surface area contributed by atoms with Gasteiger partial charge in [0.05, 0.1) is 17.6 Å². The molecule has 0 unspecified atom stereocenters. The number of nitrogens with zero attached hydrogens (tertiary/aromatic N) is 2. The van der Waals surface area contributed by atoms with Crippen molar-refractivity contribution in [2.75, 3.05) is 11.9 Å². The standard InChI is InChI=1S/C20H25N3O2/c1-13-5-3-8-18(14(13)2)23-12-16(10-19(23)24)20(25)22-17-7-4-6-15(9-17)11-21/h4,6-7,9,13-14,16,18H,3,5,8,10,12H2,1-2H3,(H,22,25)/t13-,14-,16+,18+/m1/s1. The third kappa shape index (κ3) is 3.68. The Morgan fingerprint density at radius 3 is 2.88 bits per heavy atom. The van der Waals surface area contributed by atoms with E-state index in [1.165, 1.54) is 6.42 Å². The summed E-state index contributed by atoms with van der Waals surface area (Å²) < 4.78 is 0. The fourth-order valence-corrected chi connectivity index (χ4v) is 4.13. The number of hydrogen-bond acceptors (Lipinski definition) is 3. The van der Waals surface area contributed by atoms with Crippen molar-refractivity contribution in [3.63, 3.8) is 0 Å². The van der Waals surface area contributed by atoms with E-state index in [0.29, 0.717) is 29.6 Å². The molecule has 4 atom stereocenters. The summed E-state index contributed by atoms with van der Waals surface area (Å²) in [4.78, 5) is 27.0. The van der Waals surface area contributed by atoms with Gasteiger partial charge in [-0.15, -0.1) is 0 Å². The van der Waals surface area contributed by atoms with Crippen LogP contribution in [0.3, 0.4) is 0 Å². The first-order valence-electron chi connectivity index (χ1n) is 9.10. The van der Waals surface area contributed by atoms with Crippen LogP contribution in [0.2, 0.25) is 0 Å². The quantitative estimate of drug-likeness (QED) is 0.919. The van der Waals surface area contributed by atoms with Crippen LogP contribution in [-0.4, -0.2) is 29.3 Å². The Hall–Kier alpha value is -2.35. The van der Waals surface area contributed by atoms with Crippen LogP contribution in [0.1, 0.15) is 45.1 Å². The lowest BCUT2D eigenvalue weighted by atomic mass is 9.77. The lowest BCUT2D eigenvalue weighted by molar-refractivity contribution is -0.131. The van der Waals surface area contributed by atoms with Gasteiger partial charge in [0.2, 0.25) is 11.8 Å². The van der Waals surface area contributed by atoms with Crippen molar-refractivity contribution in [2.45, 2.75) is 45.6 Å². The van der Waals surface area contributed by atoms with E-state index in [2.05, 4.69) is 25.2 Å². The number of carbonyl (C=O) groups excluding carboxylic acids is 2. The topological polar surface area (TPSA) is 73.2 Å². The summed E-state index contributed by atoms with van der Waals surface area (Å²) in [6.07, 6.45) is 3.69. The molecule has 25 heavy (non-hydrogen) atoms. The molecular formula is C20H25N3O2. The minimum absolute atomic E-state index is 0.0943. The van der Waals surface area contributed by atoms with E-state index in [1.807, 2.05) is 4.90 Å². The Morgan fingerprint density at radius 2 is 2.12 bits per heavy atom. The number of amides is 2. The van der Waals surface area contributed by atoms with E-state index < -0.39 is 0 Å². The molecule has 1 saturated heterocycles. The molecule has 1 heterocycles. The maximum absolute atomic E-state index is 12.6. The molecule has 0 bridgehead atoms. The minimum atomic E-state index is -0.317. The third-order valence-corrected chi connectivity index (χ3v) is 5.85. The summed E-state index contributed by atoms with van der Waals surface area (Å²) in [5, 5.41) is 11.8. The fraction of sp³-hybridized carbons (Fsp3) is 0.550. The van der Waals surface area contributed by atoms with Crippen molar-refractivity contribution in [3.8, 4) is 6.07 Å². The lowest BCUT2D eigenvalue weighted by Crippen LogP contribution is -2.45. The molecule has 2 aliphatic rings. The molecule has 1 N–H and O–H groups in total. The number of nitrogens with one attached hydrogen (secondary N) is 1. The molecule has 132 valence electrons. The Labute approximate surface area is 149 Å². The lowest BCUT2D eigenvalue weighted by Gasteiger charge is -2.40. The number of nitriles is 1. The van der Waals surface area contributed by atoms with Crippen LogP contribution in [0.4, 0.5) is 5.69 Å². The predicted octanol–water partition coefficient (Wildman–Crippen LogP) is 3.17. The Morgan fingerprint density at radius 1 is 1.32 bits per heavy atom. The number of anilines is 1. The number of hydrogen-bond donors (Lipinski definition) is 1. The van der Waals surface area contributed by atoms with Gasteiger partial charge >= 0.3 is 0 Å². The maximum Gasteiger partial charge on any atom is 0.229 e. The van der Waals surface area contributed by atoms with Gasteiger partial charge in [0, 0.05) is 24.7 Å². The second-order valence-electron chi connectivity index (χ2n) is 7.46. The normalized spacial score (nSPS) is 29.3. The highest BCUT2D eigenvalue weighted by molar-refractivity contribution is 5.97. The molecule has 1 aromatic rings. The van der Waals surface area contributed by atoms with Crippen molar-refractivity contribution in [2.24, 2.45) is 17.8 Å². The second kappa shape index (κ2) is 7.26. The highest BCUT2D eigenvalue weighted by atomic mass is 16.2. The summed E-state index contributed by atoms with van der Waals surface area (Å²) in [5.41, 5.74) is 1.11. The highest BCUT2D eigenvalue weighted by Gasteiger charge is 2.41. The van der Waals surface area contributed by atoms with Gasteiger partial charge < -0.3 is 10.2 Å². The molecule has 1 aromatic carbocycles. The summed E-state index contributed by atoms with van der Waals surface area (Å²) in [7, 11) is 0. The van der Waals surface area contributed by atoms with Crippen molar-refractivity contribution < 1.29 is 9.59 Å². The molecule has 2 amide bonds. The third-order valence-electron chi connectivity index (χ3n) is 5.85. The zero-order chi connectivity index (χ0) is 18.0. The zero-order valence-electron chi connectivity index (χ0n) is 14.9. The molecule has 0 aromatic heterocycles. The number of likely N-dealkylation sites (tertiary alicyclic amines) is 1. The van der Waals surface area contributed by atoms with Crippen molar-refractivity contribution in [3.05, 3.63) is 29.8 Å². The first kappa shape index (κ1) is 17.5. The Kier molecular flexibility index (Phi) is 5.08. The van der Waals surface area contributed by atoms with Gasteiger partial charge in [0.1, 0.15) is 0 Å². The number of benzene rings is 1. The monoisotopic (exact) mass is 339 g/mol. The van der Waals surface area contributed by atoms with Crippen LogP contribution < -0.4 is 5.32 Å². The van der Waals surface area contributed by atoms with Gasteiger partial charge in [-0.1, -0.05) is 32.8 Å². The smallest absolute Gasteiger partial charge is 0.229 e. The van der Waals surface area contributed by atoms with Crippen LogP contribution in [-0.2, 0) is 9.59 Å². The molecule has 1 saturated carbocycles. The van der Waals surface area contributed by atoms with Crippen molar-refractivity contribution in [1.29, 1.82) is 5.26 Å². The van der Waals surface area contributed by atoms with Gasteiger partial charge in [-0.05, 0) is 36.5 Å². The van der Waals surface area contributed by atoms with Crippen LogP contribution in [0.25, 0.3) is 0 Å². The number of carbonyl (C=O) groups is 2. The summed E-state index contributed by atoms with van der Waals surface area (Å²) in [6.45, 7) is 4.98. The first-order chi connectivity index (χ1) is 12.0. The molecule has 5 nitrogen and oxygen atoms in total. The fourth-order valence-electron chi connectivity index (χ4n) is 4.13. The molecule has 0 radical (unpaired) electrons. The van der Waals surface area contributed by atoms with Crippen molar-refractivity contribution in [1.82, 2.24) is 4.90 Å². The molecule has 1 aliphatic heterocycles. The van der Waals surface area contributed by atoms with Gasteiger partial charge in [0.25, 0.3) is 0 Å². The van der Waals surface area contributed by atoms with Crippen LogP contribution in [0.15, 0.2) is 24.3 Å². The van der Waals surface area contributed by atoms with E-state index in [0.717, 1.165) is 12.8 Å². The van der Waals surface area contributed by atoms with Crippen molar-refractivity contribution >= 4 is 17.5 Å². The molecule has 0 spiro atoms. The molecule has 1 aliphatic carbocycles.